The molecular formula is C26H48N3O4+. The molecule has 0 aliphatic heterocycles. The molecule has 190 valence electrons. The molecule has 8 unspecified atom stereocenters. The molecule has 4 saturated carbocycles. The number of hydrogen-bond acceptors (Lipinski definition) is 5. The first-order valence-electron chi connectivity index (χ1n) is 13.3. The molecule has 0 radical (unpaired) electrons. The van der Waals surface area contributed by atoms with Crippen molar-refractivity contribution >= 4 is 12.1 Å². The molecule has 0 aromatic heterocycles. The maximum Gasteiger partial charge on any atom is 0.407 e. The summed E-state index contributed by atoms with van der Waals surface area (Å²) < 4.78 is 10.9. The molecule has 6 N–H and O–H groups in total. The largest absolute Gasteiger partial charge is 0.469 e. The van der Waals surface area contributed by atoms with Gasteiger partial charge in [0.15, 0.2) is 0 Å². The average Bonchev–Trinajstić information content (AvgIpc) is 3.10. The highest BCUT2D eigenvalue weighted by molar-refractivity contribution is 5.74. The summed E-state index contributed by atoms with van der Waals surface area (Å²) in [5, 5.41) is 2.78. The van der Waals surface area contributed by atoms with Gasteiger partial charge in [-0.05, 0) is 86.4 Å². The van der Waals surface area contributed by atoms with E-state index in [1.165, 1.54) is 7.11 Å². The molecule has 4 aliphatic rings. The summed E-state index contributed by atoms with van der Waals surface area (Å²) in [7, 11) is 1.50. The number of methoxy groups -OCH3 is 1. The number of amides is 1. The van der Waals surface area contributed by atoms with Crippen molar-refractivity contribution in [3.05, 3.63) is 0 Å². The Balaban J connectivity index is 0.00000149. The van der Waals surface area contributed by atoms with Crippen LogP contribution in [0.1, 0.15) is 85.5 Å². The average molecular weight is 467 g/mol. The van der Waals surface area contributed by atoms with Gasteiger partial charge >= 0.3 is 12.1 Å². The summed E-state index contributed by atoms with van der Waals surface area (Å²) in [4.78, 5) is 24.6. The summed E-state index contributed by atoms with van der Waals surface area (Å²) in [6, 6.07) is 0. The zero-order valence-corrected chi connectivity index (χ0v) is 21.6. The lowest BCUT2D eigenvalue weighted by molar-refractivity contribution is -0.364. The normalized spacial score (nSPS) is 43.7. The molecule has 7 heteroatoms. The van der Waals surface area contributed by atoms with Gasteiger partial charge in [-0.1, -0.05) is 27.7 Å². The van der Waals surface area contributed by atoms with Crippen LogP contribution in [0.3, 0.4) is 0 Å². The highest BCUT2D eigenvalue weighted by atomic mass is 16.6. The van der Waals surface area contributed by atoms with Gasteiger partial charge in [0.25, 0.3) is 0 Å². The molecule has 4 rings (SSSR count). The van der Waals surface area contributed by atoms with E-state index in [-0.39, 0.29) is 40.5 Å². The van der Waals surface area contributed by atoms with Crippen LogP contribution in [0.25, 0.3) is 0 Å². The second kappa shape index (κ2) is 10.1. The molecule has 1 amide bonds. The van der Waals surface area contributed by atoms with Crippen molar-refractivity contribution in [3.63, 3.8) is 0 Å². The fourth-order valence-corrected chi connectivity index (χ4v) is 8.30. The molecule has 0 saturated heterocycles. The third-order valence-electron chi connectivity index (χ3n) is 10.2. The molecule has 8 atom stereocenters. The Morgan fingerprint density at radius 1 is 1.03 bits per heavy atom. The maximum absolute atomic E-state index is 12.5. The van der Waals surface area contributed by atoms with E-state index in [4.69, 9.17) is 15.2 Å². The number of carbonyl (C=O) groups excluding carboxylic acids is 2. The number of nitrogens with two attached hydrogens (primary N) is 1. The predicted molar refractivity (Wildman–Crippen MR) is 128 cm³/mol. The zero-order valence-electron chi connectivity index (χ0n) is 21.6. The van der Waals surface area contributed by atoms with E-state index in [2.05, 4.69) is 24.9 Å². The van der Waals surface area contributed by atoms with Gasteiger partial charge in [0.2, 0.25) is 0 Å². The number of rotatable bonds is 4. The van der Waals surface area contributed by atoms with Crippen LogP contribution < -0.4 is 16.8 Å². The molecule has 0 spiro atoms. The Kier molecular flexibility index (Phi) is 8.04. The minimum Gasteiger partial charge on any atom is -0.469 e. The molecule has 4 aliphatic carbocycles. The van der Waals surface area contributed by atoms with Crippen molar-refractivity contribution in [1.82, 2.24) is 5.32 Å². The van der Waals surface area contributed by atoms with Gasteiger partial charge < -0.3 is 26.3 Å². The molecule has 4 fully saturated rings. The zero-order chi connectivity index (χ0) is 24.4. The van der Waals surface area contributed by atoms with Gasteiger partial charge in [-0.3, -0.25) is 4.79 Å². The Labute approximate surface area is 200 Å². The highest BCUT2D eigenvalue weighted by Crippen LogP contribution is 2.68. The lowest BCUT2D eigenvalue weighted by atomic mass is 9.42. The second-order valence-electron chi connectivity index (χ2n) is 11.2. The molecule has 33 heavy (non-hydrogen) atoms. The van der Waals surface area contributed by atoms with Gasteiger partial charge in [-0.2, -0.15) is 0 Å². The van der Waals surface area contributed by atoms with Crippen molar-refractivity contribution in [2.75, 3.05) is 20.2 Å². The summed E-state index contributed by atoms with van der Waals surface area (Å²) in [5.74, 6) is 1.46. The van der Waals surface area contributed by atoms with Crippen LogP contribution in [0.15, 0.2) is 0 Å². The number of ether oxygens (including phenoxy) is 2. The summed E-state index contributed by atoms with van der Waals surface area (Å²) in [6.45, 7) is 9.94. The Bertz CT molecular complexity index is 718. The minimum absolute atomic E-state index is 0.00955. The van der Waals surface area contributed by atoms with E-state index < -0.39 is 0 Å². The number of quaternary nitrogens is 1. The van der Waals surface area contributed by atoms with Gasteiger partial charge in [0.1, 0.15) is 6.10 Å². The van der Waals surface area contributed by atoms with E-state index in [0.29, 0.717) is 30.8 Å². The topological polar surface area (TPSA) is 118 Å². The van der Waals surface area contributed by atoms with Crippen LogP contribution in [0, 0.1) is 34.5 Å². The molecule has 0 aromatic rings. The number of alkyl carbamates (subject to hydrolysis) is 1. The van der Waals surface area contributed by atoms with Crippen LogP contribution in [-0.2, 0) is 14.3 Å². The van der Waals surface area contributed by atoms with Gasteiger partial charge in [0.05, 0.1) is 26.1 Å². The van der Waals surface area contributed by atoms with Crippen LogP contribution in [0.4, 0.5) is 4.79 Å². The number of esters is 1. The van der Waals surface area contributed by atoms with Gasteiger partial charge in [-0.15, -0.1) is 0 Å². The SMILES string of the molecule is CC.COC(=O)C1CCC2(N)C3CCC4CC(OC(=O)NCC[NH3+])CCC4(C)C3CCC12C. The highest BCUT2D eigenvalue weighted by Gasteiger charge is 2.67. The van der Waals surface area contributed by atoms with E-state index in [1.807, 2.05) is 13.8 Å². The molecule has 0 heterocycles. The van der Waals surface area contributed by atoms with Gasteiger partial charge in [0, 0.05) is 5.54 Å². The lowest BCUT2D eigenvalue weighted by Crippen LogP contribution is -2.66. The third kappa shape index (κ3) is 4.29. The first-order chi connectivity index (χ1) is 15.7. The molecule has 7 nitrogen and oxygen atoms in total. The van der Waals surface area contributed by atoms with E-state index in [9.17, 15) is 9.59 Å². The molecule has 0 bridgehead atoms. The van der Waals surface area contributed by atoms with Gasteiger partial charge in [-0.25, -0.2) is 4.79 Å². The third-order valence-corrected chi connectivity index (χ3v) is 10.2. The van der Waals surface area contributed by atoms with E-state index in [1.54, 1.807) is 0 Å². The fraction of sp³-hybridized carbons (Fsp3) is 0.923. The summed E-state index contributed by atoms with van der Waals surface area (Å²) >= 11 is 0. The molecular weight excluding hydrogens is 418 g/mol. The minimum atomic E-state index is -0.305. The second-order valence-corrected chi connectivity index (χ2v) is 11.2. The Morgan fingerprint density at radius 2 is 1.76 bits per heavy atom. The lowest BCUT2D eigenvalue weighted by Gasteiger charge is -2.64. The number of carbonyl (C=O) groups is 2. The van der Waals surface area contributed by atoms with E-state index in [0.717, 1.165) is 57.8 Å². The van der Waals surface area contributed by atoms with Crippen LogP contribution in [0.2, 0.25) is 0 Å². The monoisotopic (exact) mass is 466 g/mol. The van der Waals surface area contributed by atoms with E-state index >= 15 is 0 Å². The quantitative estimate of drug-likeness (QED) is 0.550. The first kappa shape index (κ1) is 26.3. The number of fused-ring (bicyclic) bond motifs is 5. The van der Waals surface area contributed by atoms with Crippen molar-refractivity contribution < 1.29 is 24.8 Å². The van der Waals surface area contributed by atoms with Crippen LogP contribution in [-0.4, -0.2) is 43.9 Å². The van der Waals surface area contributed by atoms with Crippen molar-refractivity contribution in [2.45, 2.75) is 97.1 Å². The van der Waals surface area contributed by atoms with Crippen molar-refractivity contribution in [3.8, 4) is 0 Å². The smallest absolute Gasteiger partial charge is 0.407 e. The summed E-state index contributed by atoms with van der Waals surface area (Å²) in [5.41, 5.74) is 10.8. The fourth-order valence-electron chi connectivity index (χ4n) is 8.30. The van der Waals surface area contributed by atoms with Crippen molar-refractivity contribution in [1.29, 1.82) is 0 Å². The maximum atomic E-state index is 12.5. The number of hydrogen-bond donors (Lipinski definition) is 3. The predicted octanol–water partition coefficient (Wildman–Crippen LogP) is 3.26. The Morgan fingerprint density at radius 3 is 2.42 bits per heavy atom. The standard InChI is InChI=1S/C24H41N3O4.C2H6/c1-22-9-6-16(31-21(29)27-13-12-25)14-15(22)4-5-18-17(22)7-10-23(2)19(20(28)30-3)8-11-24(18,23)26;1-2/h15-19H,4-14,25-26H2,1-3H3,(H,27,29);1-2H3/p+1. The summed E-state index contributed by atoms with van der Waals surface area (Å²) in [6.07, 6.45) is 8.82. The molecule has 0 aromatic carbocycles. The first-order valence-corrected chi connectivity index (χ1v) is 13.3. The van der Waals surface area contributed by atoms with Crippen LogP contribution in [0.5, 0.6) is 0 Å². The number of nitrogens with one attached hydrogen (secondary N) is 1. The van der Waals surface area contributed by atoms with Crippen LogP contribution >= 0.6 is 0 Å². The Hall–Kier alpha value is -1.34. The van der Waals surface area contributed by atoms with Crippen molar-refractivity contribution in [2.24, 2.45) is 40.2 Å².